The van der Waals surface area contributed by atoms with Gasteiger partial charge in [-0.15, -0.1) is 0 Å². The molecule has 27 heavy (non-hydrogen) atoms. The number of carbonyl (C=O) groups excluding carboxylic acids is 2. The average molecular weight is 366 g/mol. The van der Waals surface area contributed by atoms with E-state index in [1.165, 1.54) is 24.3 Å². The second-order valence-corrected chi connectivity index (χ2v) is 6.14. The molecule has 1 atom stereocenters. The third-order valence-corrected chi connectivity index (χ3v) is 4.37. The van der Waals surface area contributed by atoms with Crippen molar-refractivity contribution in [1.29, 1.82) is 0 Å². The van der Waals surface area contributed by atoms with Gasteiger partial charge >= 0.3 is 0 Å². The van der Waals surface area contributed by atoms with E-state index in [4.69, 9.17) is 4.74 Å². The van der Waals surface area contributed by atoms with E-state index in [-0.39, 0.29) is 11.5 Å². The molecule has 0 radical (unpaired) electrons. The number of fused-ring (bicyclic) bond motifs is 1. The zero-order valence-corrected chi connectivity index (χ0v) is 15.0. The number of benzene rings is 3. The van der Waals surface area contributed by atoms with Crippen molar-refractivity contribution in [2.45, 2.75) is 12.8 Å². The molecule has 0 bridgehead atoms. The van der Waals surface area contributed by atoms with Crippen molar-refractivity contribution in [3.05, 3.63) is 77.6 Å². The Labute approximate surface area is 156 Å². The van der Waals surface area contributed by atoms with E-state index < -0.39 is 17.6 Å². The normalized spacial score (nSPS) is 11.7. The molecule has 0 spiro atoms. The van der Waals surface area contributed by atoms with Crippen LogP contribution < -0.4 is 15.6 Å². The number of carbonyl (C=O) groups is 2. The molecule has 5 nitrogen and oxygen atoms in total. The van der Waals surface area contributed by atoms with Crippen LogP contribution in [0.25, 0.3) is 10.8 Å². The zero-order chi connectivity index (χ0) is 19.4. The Morgan fingerprint density at radius 3 is 2.30 bits per heavy atom. The fraction of sp³-hybridized carbons (Fsp3) is 0.143. The highest BCUT2D eigenvalue weighted by molar-refractivity contribution is 5.96. The van der Waals surface area contributed by atoms with Crippen LogP contribution in [0.3, 0.4) is 0 Å². The summed E-state index contributed by atoms with van der Waals surface area (Å²) in [6.07, 6.45) is 0. The highest BCUT2D eigenvalue weighted by atomic mass is 19.1. The van der Waals surface area contributed by atoms with Crippen LogP contribution in [0.2, 0.25) is 0 Å². The monoisotopic (exact) mass is 366 g/mol. The van der Waals surface area contributed by atoms with Crippen LogP contribution in [0.5, 0.6) is 5.75 Å². The summed E-state index contributed by atoms with van der Waals surface area (Å²) in [5.41, 5.74) is 5.83. The number of nitrogens with one attached hydrogen (secondary N) is 2. The number of rotatable bonds is 4. The lowest BCUT2D eigenvalue weighted by Gasteiger charge is -2.14. The number of hydrazine groups is 1. The molecule has 0 unspecified atom stereocenters. The average Bonchev–Trinajstić information content (AvgIpc) is 2.70. The molecule has 0 heterocycles. The first-order chi connectivity index (χ1) is 13.0. The van der Waals surface area contributed by atoms with Gasteiger partial charge in [-0.3, -0.25) is 20.4 Å². The maximum atomic E-state index is 12.9. The van der Waals surface area contributed by atoms with Crippen molar-refractivity contribution in [3.63, 3.8) is 0 Å². The second-order valence-electron chi connectivity index (χ2n) is 6.14. The molecular formula is C21H19FN2O3. The van der Waals surface area contributed by atoms with Crippen LogP contribution in [0.15, 0.2) is 60.7 Å². The van der Waals surface area contributed by atoms with Gasteiger partial charge in [-0.25, -0.2) is 4.39 Å². The predicted molar refractivity (Wildman–Crippen MR) is 101 cm³/mol. The summed E-state index contributed by atoms with van der Waals surface area (Å²) in [6, 6.07) is 16.5. The summed E-state index contributed by atoms with van der Waals surface area (Å²) in [6.45, 7) is 1.75. The standard InChI is InChI=1S/C21H19FN2O3/c1-13(15-3-4-17-12-19(27-2)10-7-16(17)11-15)20(25)23-24-21(26)14-5-8-18(22)9-6-14/h3-13H,1-2H3,(H,23,25)(H,24,26)/t13-/m0/s1. The number of methoxy groups -OCH3 is 1. The van der Waals surface area contributed by atoms with Crippen LogP contribution >= 0.6 is 0 Å². The van der Waals surface area contributed by atoms with Crippen LogP contribution in [0.1, 0.15) is 28.8 Å². The lowest BCUT2D eigenvalue weighted by atomic mass is 9.97. The Kier molecular flexibility index (Phi) is 5.35. The largest absolute Gasteiger partial charge is 0.497 e. The summed E-state index contributed by atoms with van der Waals surface area (Å²) < 4.78 is 18.1. The highest BCUT2D eigenvalue weighted by Crippen LogP contribution is 2.25. The third kappa shape index (κ3) is 4.23. The SMILES string of the molecule is COc1ccc2cc([C@H](C)C(=O)NNC(=O)c3ccc(F)cc3)ccc2c1. The van der Waals surface area contributed by atoms with Crippen LogP contribution in [0.4, 0.5) is 4.39 Å². The van der Waals surface area contributed by atoms with Gasteiger partial charge in [0.25, 0.3) is 5.91 Å². The van der Waals surface area contributed by atoms with Crippen molar-refractivity contribution < 1.29 is 18.7 Å². The molecule has 138 valence electrons. The minimum absolute atomic E-state index is 0.254. The molecule has 3 aromatic rings. The number of ether oxygens (including phenoxy) is 1. The van der Waals surface area contributed by atoms with Gasteiger partial charge in [-0.05, 0) is 59.7 Å². The molecule has 0 saturated heterocycles. The van der Waals surface area contributed by atoms with Crippen molar-refractivity contribution >= 4 is 22.6 Å². The van der Waals surface area contributed by atoms with Gasteiger partial charge in [0.1, 0.15) is 11.6 Å². The molecule has 2 amide bonds. The first-order valence-electron chi connectivity index (χ1n) is 8.41. The van der Waals surface area contributed by atoms with E-state index in [0.717, 1.165) is 22.1 Å². The van der Waals surface area contributed by atoms with Gasteiger partial charge in [0.05, 0.1) is 13.0 Å². The van der Waals surface area contributed by atoms with E-state index >= 15 is 0 Å². The summed E-state index contributed by atoms with van der Waals surface area (Å²) in [4.78, 5) is 24.4. The lowest BCUT2D eigenvalue weighted by molar-refractivity contribution is -0.123. The van der Waals surface area contributed by atoms with Gasteiger partial charge in [-0.2, -0.15) is 0 Å². The minimum atomic E-state index is -0.513. The predicted octanol–water partition coefficient (Wildman–Crippen LogP) is 3.55. The van der Waals surface area contributed by atoms with Gasteiger partial charge < -0.3 is 4.74 Å². The van der Waals surface area contributed by atoms with Crippen molar-refractivity contribution in [3.8, 4) is 5.75 Å². The van der Waals surface area contributed by atoms with E-state index in [2.05, 4.69) is 10.9 Å². The number of hydrogen-bond donors (Lipinski definition) is 2. The molecule has 0 aliphatic heterocycles. The first kappa shape index (κ1) is 18.4. The number of hydrogen-bond acceptors (Lipinski definition) is 3. The van der Waals surface area contributed by atoms with Crippen LogP contribution in [-0.4, -0.2) is 18.9 Å². The maximum Gasteiger partial charge on any atom is 0.269 e. The summed E-state index contributed by atoms with van der Waals surface area (Å²) in [7, 11) is 1.61. The van der Waals surface area contributed by atoms with Crippen molar-refractivity contribution in [2.24, 2.45) is 0 Å². The van der Waals surface area contributed by atoms with Gasteiger partial charge in [0.2, 0.25) is 5.91 Å². The van der Waals surface area contributed by atoms with E-state index in [9.17, 15) is 14.0 Å². The van der Waals surface area contributed by atoms with E-state index in [0.29, 0.717) is 0 Å². The topological polar surface area (TPSA) is 67.4 Å². The number of amides is 2. The third-order valence-electron chi connectivity index (χ3n) is 4.37. The smallest absolute Gasteiger partial charge is 0.269 e. The van der Waals surface area contributed by atoms with Crippen molar-refractivity contribution in [1.82, 2.24) is 10.9 Å². The lowest BCUT2D eigenvalue weighted by Crippen LogP contribution is -2.43. The Hall–Kier alpha value is -3.41. The van der Waals surface area contributed by atoms with Crippen LogP contribution in [-0.2, 0) is 4.79 Å². The molecule has 0 aliphatic rings. The number of halogens is 1. The summed E-state index contributed by atoms with van der Waals surface area (Å²) >= 11 is 0. The highest BCUT2D eigenvalue weighted by Gasteiger charge is 2.17. The molecule has 6 heteroatoms. The Bertz CT molecular complexity index is 986. The Balaban J connectivity index is 1.66. The summed E-state index contributed by atoms with van der Waals surface area (Å²) in [5, 5.41) is 2.00. The quantitative estimate of drug-likeness (QED) is 0.694. The van der Waals surface area contributed by atoms with Gasteiger partial charge in [-0.1, -0.05) is 24.3 Å². The molecule has 0 aliphatic carbocycles. The molecule has 0 aromatic heterocycles. The fourth-order valence-electron chi connectivity index (χ4n) is 2.69. The Morgan fingerprint density at radius 1 is 0.926 bits per heavy atom. The van der Waals surface area contributed by atoms with Gasteiger partial charge in [0.15, 0.2) is 0 Å². The van der Waals surface area contributed by atoms with Crippen LogP contribution in [0, 0.1) is 5.82 Å². The Morgan fingerprint density at radius 2 is 1.59 bits per heavy atom. The maximum absolute atomic E-state index is 12.9. The molecule has 0 saturated carbocycles. The fourth-order valence-corrected chi connectivity index (χ4v) is 2.69. The van der Waals surface area contributed by atoms with E-state index in [1.807, 2.05) is 36.4 Å². The molecular weight excluding hydrogens is 347 g/mol. The molecule has 2 N–H and O–H groups in total. The van der Waals surface area contributed by atoms with Crippen molar-refractivity contribution in [2.75, 3.05) is 7.11 Å². The van der Waals surface area contributed by atoms with Gasteiger partial charge in [0, 0.05) is 5.56 Å². The second kappa shape index (κ2) is 7.86. The minimum Gasteiger partial charge on any atom is -0.497 e. The van der Waals surface area contributed by atoms with E-state index in [1.54, 1.807) is 14.0 Å². The first-order valence-corrected chi connectivity index (χ1v) is 8.41. The molecule has 3 rings (SSSR count). The molecule has 0 fully saturated rings. The molecule has 3 aromatic carbocycles. The zero-order valence-electron chi connectivity index (χ0n) is 15.0. The summed E-state index contributed by atoms with van der Waals surface area (Å²) in [5.74, 6) is -0.993.